The van der Waals surface area contributed by atoms with Gasteiger partial charge < -0.3 is 20.6 Å². The molecule has 0 bridgehead atoms. The van der Waals surface area contributed by atoms with Crippen molar-refractivity contribution in [2.75, 3.05) is 38.5 Å². The Kier molecular flexibility index (Phi) is 6.31. The molecule has 0 atom stereocenters. The highest BCUT2D eigenvalue weighted by Crippen LogP contribution is 2.33. The summed E-state index contributed by atoms with van der Waals surface area (Å²) in [7, 11) is 1.91. The quantitative estimate of drug-likeness (QED) is 0.517. The smallest absolute Gasteiger partial charge is 0.198 e. The fourth-order valence-electron chi connectivity index (χ4n) is 3.36. The summed E-state index contributed by atoms with van der Waals surface area (Å²) < 4.78 is 1.89. The van der Waals surface area contributed by atoms with Crippen LogP contribution >= 0.6 is 11.3 Å². The highest BCUT2D eigenvalue weighted by atomic mass is 32.1. The number of aromatic hydroxyl groups is 1. The van der Waals surface area contributed by atoms with Crippen LogP contribution in [0.4, 0.5) is 5.69 Å². The Labute approximate surface area is 163 Å². The van der Waals surface area contributed by atoms with Gasteiger partial charge in [0.15, 0.2) is 5.43 Å². The van der Waals surface area contributed by atoms with Crippen molar-refractivity contribution in [3.05, 3.63) is 46.1 Å². The summed E-state index contributed by atoms with van der Waals surface area (Å²) >= 11 is 1.60. The van der Waals surface area contributed by atoms with E-state index in [1.54, 1.807) is 23.5 Å². The second kappa shape index (κ2) is 8.69. The molecule has 0 saturated heterocycles. The first-order valence-corrected chi connectivity index (χ1v) is 10.2. The molecule has 144 valence electrons. The van der Waals surface area contributed by atoms with Gasteiger partial charge in [-0.15, -0.1) is 11.3 Å². The van der Waals surface area contributed by atoms with Crippen LogP contribution in [-0.4, -0.2) is 43.2 Å². The van der Waals surface area contributed by atoms with Gasteiger partial charge in [-0.2, -0.15) is 0 Å². The summed E-state index contributed by atoms with van der Waals surface area (Å²) in [5, 5.41) is 17.8. The number of hydrogen-bond donors (Lipinski definition) is 3. The molecule has 2 aromatic carbocycles. The number of benzene rings is 2. The molecule has 0 radical (unpaired) electrons. The van der Waals surface area contributed by atoms with E-state index in [0.29, 0.717) is 17.3 Å². The third-order valence-corrected chi connectivity index (χ3v) is 6.14. The standard InChI is InChI=1S/C21H27N3O2S/c1-4-24(5-2)11-10-23-17-8-6-14(13-22-3)21-19(17)20(26)16-12-15(25)7-9-18(16)27-21/h6-9,12,22-23,25H,4-5,10-11,13H2,1-3H3. The van der Waals surface area contributed by atoms with E-state index < -0.39 is 0 Å². The van der Waals surface area contributed by atoms with Crippen molar-refractivity contribution in [1.82, 2.24) is 10.2 Å². The topological polar surface area (TPSA) is 64.6 Å². The van der Waals surface area contributed by atoms with Gasteiger partial charge in [0.25, 0.3) is 0 Å². The number of rotatable bonds is 8. The molecule has 3 rings (SSSR count). The SMILES string of the molecule is CCN(CC)CCNc1ccc(CNC)c2sc3ccc(O)cc3c(=O)c12. The van der Waals surface area contributed by atoms with Gasteiger partial charge in [-0.25, -0.2) is 0 Å². The molecule has 0 fully saturated rings. The number of phenolic OH excluding ortho intramolecular Hbond substituents is 1. The summed E-state index contributed by atoms with van der Waals surface area (Å²) in [5.41, 5.74) is 1.94. The maximum Gasteiger partial charge on any atom is 0.198 e. The van der Waals surface area contributed by atoms with Crippen LogP contribution in [0.5, 0.6) is 5.75 Å². The molecule has 27 heavy (non-hydrogen) atoms. The van der Waals surface area contributed by atoms with Gasteiger partial charge in [-0.05, 0) is 50.0 Å². The summed E-state index contributed by atoms with van der Waals surface area (Å²) in [6.45, 7) is 8.75. The first kappa shape index (κ1) is 19.6. The molecule has 0 aliphatic rings. The predicted molar refractivity (Wildman–Crippen MR) is 116 cm³/mol. The Balaban J connectivity index is 2.11. The van der Waals surface area contributed by atoms with E-state index in [9.17, 15) is 9.90 Å². The fourth-order valence-corrected chi connectivity index (χ4v) is 4.56. The summed E-state index contributed by atoms with van der Waals surface area (Å²) in [5.74, 6) is 0.119. The maximum absolute atomic E-state index is 13.3. The van der Waals surface area contributed by atoms with Crippen molar-refractivity contribution in [1.29, 1.82) is 0 Å². The Bertz CT molecular complexity index is 996. The van der Waals surface area contributed by atoms with Crippen molar-refractivity contribution in [3.8, 4) is 5.75 Å². The highest BCUT2D eigenvalue weighted by Gasteiger charge is 2.14. The minimum absolute atomic E-state index is 0.0297. The number of hydrogen-bond acceptors (Lipinski definition) is 6. The Hall–Kier alpha value is -2.15. The van der Waals surface area contributed by atoms with E-state index in [1.807, 2.05) is 19.2 Å². The molecule has 6 heteroatoms. The van der Waals surface area contributed by atoms with E-state index in [1.165, 1.54) is 0 Å². The average Bonchev–Trinajstić information content (AvgIpc) is 2.67. The van der Waals surface area contributed by atoms with E-state index in [0.717, 1.165) is 46.8 Å². The molecule has 3 N–H and O–H groups in total. The Morgan fingerprint density at radius 3 is 2.63 bits per heavy atom. The summed E-state index contributed by atoms with van der Waals surface area (Å²) in [6.07, 6.45) is 0. The zero-order valence-corrected chi connectivity index (χ0v) is 16.9. The maximum atomic E-state index is 13.3. The molecule has 1 aromatic heterocycles. The molecule has 0 spiro atoms. The third-order valence-electron chi connectivity index (χ3n) is 4.89. The lowest BCUT2D eigenvalue weighted by Gasteiger charge is -2.19. The van der Waals surface area contributed by atoms with Crippen LogP contribution in [0, 0.1) is 0 Å². The lowest BCUT2D eigenvalue weighted by molar-refractivity contribution is 0.316. The van der Waals surface area contributed by atoms with Crippen LogP contribution in [-0.2, 0) is 6.54 Å². The second-order valence-electron chi connectivity index (χ2n) is 6.57. The van der Waals surface area contributed by atoms with Gasteiger partial charge >= 0.3 is 0 Å². The monoisotopic (exact) mass is 385 g/mol. The molecule has 0 aliphatic carbocycles. The zero-order chi connectivity index (χ0) is 19.4. The minimum Gasteiger partial charge on any atom is -0.508 e. The molecule has 5 nitrogen and oxygen atoms in total. The van der Waals surface area contributed by atoms with Crippen LogP contribution in [0.25, 0.3) is 20.2 Å². The van der Waals surface area contributed by atoms with Crippen molar-refractivity contribution in [2.24, 2.45) is 0 Å². The molecule has 3 aromatic rings. The lowest BCUT2D eigenvalue weighted by atomic mass is 10.1. The van der Waals surface area contributed by atoms with Gasteiger partial charge in [0.2, 0.25) is 0 Å². The molecule has 0 aliphatic heterocycles. The molecule has 0 unspecified atom stereocenters. The van der Waals surface area contributed by atoms with Crippen LogP contribution in [0.3, 0.4) is 0 Å². The number of anilines is 1. The van der Waals surface area contributed by atoms with Gasteiger partial charge in [0, 0.05) is 40.1 Å². The van der Waals surface area contributed by atoms with E-state index in [4.69, 9.17) is 0 Å². The third kappa shape index (κ3) is 4.08. The number of phenols is 1. The molecular formula is C21H27N3O2S. The minimum atomic E-state index is -0.0297. The normalized spacial score (nSPS) is 11.6. The van der Waals surface area contributed by atoms with Crippen LogP contribution in [0.1, 0.15) is 19.4 Å². The predicted octanol–water partition coefficient (Wildman–Crippen LogP) is 3.59. The molecule has 0 saturated carbocycles. The van der Waals surface area contributed by atoms with Crippen molar-refractivity contribution < 1.29 is 5.11 Å². The number of likely N-dealkylation sites (N-methyl/N-ethyl adjacent to an activating group) is 1. The van der Waals surface area contributed by atoms with Crippen LogP contribution in [0.2, 0.25) is 0 Å². The van der Waals surface area contributed by atoms with E-state index in [2.05, 4.69) is 35.4 Å². The van der Waals surface area contributed by atoms with Crippen LogP contribution in [0.15, 0.2) is 35.1 Å². The van der Waals surface area contributed by atoms with Gasteiger partial charge in [0.1, 0.15) is 5.75 Å². The van der Waals surface area contributed by atoms with Crippen molar-refractivity contribution in [2.45, 2.75) is 20.4 Å². The van der Waals surface area contributed by atoms with Crippen molar-refractivity contribution >= 4 is 37.2 Å². The van der Waals surface area contributed by atoms with Crippen LogP contribution < -0.4 is 16.1 Å². The Morgan fingerprint density at radius 2 is 1.93 bits per heavy atom. The summed E-state index contributed by atoms with van der Waals surface area (Å²) in [4.78, 5) is 15.6. The number of fused-ring (bicyclic) bond motifs is 2. The zero-order valence-electron chi connectivity index (χ0n) is 16.1. The second-order valence-corrected chi connectivity index (χ2v) is 7.62. The first-order valence-electron chi connectivity index (χ1n) is 9.41. The lowest BCUT2D eigenvalue weighted by Crippen LogP contribution is -2.28. The van der Waals surface area contributed by atoms with Crippen molar-refractivity contribution in [3.63, 3.8) is 0 Å². The van der Waals surface area contributed by atoms with E-state index in [-0.39, 0.29) is 11.2 Å². The molecule has 1 heterocycles. The number of nitrogens with zero attached hydrogens (tertiary/aromatic N) is 1. The average molecular weight is 386 g/mol. The fraction of sp³-hybridized carbons (Fsp3) is 0.381. The largest absolute Gasteiger partial charge is 0.508 e. The van der Waals surface area contributed by atoms with E-state index >= 15 is 0 Å². The molecular weight excluding hydrogens is 358 g/mol. The van der Waals surface area contributed by atoms with Gasteiger partial charge in [-0.3, -0.25) is 4.79 Å². The Morgan fingerprint density at radius 1 is 1.15 bits per heavy atom. The first-order chi connectivity index (χ1) is 13.1. The molecule has 0 amide bonds. The van der Waals surface area contributed by atoms with Gasteiger partial charge in [0.05, 0.1) is 5.39 Å². The highest BCUT2D eigenvalue weighted by molar-refractivity contribution is 7.24. The summed E-state index contributed by atoms with van der Waals surface area (Å²) in [6, 6.07) is 9.10. The van der Waals surface area contributed by atoms with Gasteiger partial charge in [-0.1, -0.05) is 19.9 Å². The number of nitrogens with one attached hydrogen (secondary N) is 2.